The minimum atomic E-state index is -0.978. The van der Waals surface area contributed by atoms with Gasteiger partial charge in [-0.05, 0) is 44.5 Å². The van der Waals surface area contributed by atoms with E-state index in [0.717, 1.165) is 31.8 Å². The molecule has 2 aromatic carbocycles. The molecule has 0 saturated carbocycles. The highest BCUT2D eigenvalue weighted by Crippen LogP contribution is 2.31. The summed E-state index contributed by atoms with van der Waals surface area (Å²) in [6.07, 6.45) is -0.871. The molecule has 0 aliphatic carbocycles. The number of aromatic nitrogens is 2. The van der Waals surface area contributed by atoms with Crippen LogP contribution in [0.4, 0.5) is 0 Å². The molecule has 5 nitrogen and oxygen atoms in total. The van der Waals surface area contributed by atoms with Gasteiger partial charge < -0.3 is 9.84 Å². The molecule has 140 valence electrons. The molecule has 7 heteroatoms. The van der Waals surface area contributed by atoms with Gasteiger partial charge in [-0.1, -0.05) is 41.2 Å². The Morgan fingerprint density at radius 1 is 1.19 bits per heavy atom. The predicted octanol–water partition coefficient (Wildman–Crippen LogP) is 4.97. The lowest BCUT2D eigenvalue weighted by molar-refractivity contribution is -0.144. The summed E-state index contributed by atoms with van der Waals surface area (Å²) in [6.45, 7) is 5.49. The minimum absolute atomic E-state index is 0.590. The summed E-state index contributed by atoms with van der Waals surface area (Å²) in [7, 11) is 0. The molecular weight excluding hydrogens is 380 g/mol. The summed E-state index contributed by atoms with van der Waals surface area (Å²) < 4.78 is 5.46. The van der Waals surface area contributed by atoms with Crippen molar-refractivity contribution in [1.82, 2.24) is 10.2 Å². The number of hydrogen-bond donors (Lipinski definition) is 1. The number of rotatable bonds is 7. The van der Waals surface area contributed by atoms with Crippen molar-refractivity contribution in [3.05, 3.63) is 58.6 Å². The van der Waals surface area contributed by atoms with Crippen LogP contribution in [-0.4, -0.2) is 27.4 Å². The van der Waals surface area contributed by atoms with Crippen molar-refractivity contribution < 1.29 is 14.6 Å². The molecule has 0 radical (unpaired) electrons. The van der Waals surface area contributed by atoms with Crippen molar-refractivity contribution >= 4 is 29.1 Å². The summed E-state index contributed by atoms with van der Waals surface area (Å²) in [5, 5.41) is 19.4. The molecule has 3 rings (SSSR count). The number of thioether (sulfide) groups is 1. The van der Waals surface area contributed by atoms with Crippen molar-refractivity contribution in [1.29, 1.82) is 0 Å². The van der Waals surface area contributed by atoms with Gasteiger partial charge in [0, 0.05) is 10.5 Å². The van der Waals surface area contributed by atoms with Crippen LogP contribution in [0.5, 0.6) is 5.75 Å². The van der Waals surface area contributed by atoms with Crippen molar-refractivity contribution in [2.75, 3.05) is 0 Å². The largest absolute Gasteiger partial charge is 0.479 e. The van der Waals surface area contributed by atoms with Crippen LogP contribution in [0.2, 0.25) is 0 Å². The zero-order chi connectivity index (χ0) is 19.4. The summed E-state index contributed by atoms with van der Waals surface area (Å²) in [4.78, 5) is 12.0. The van der Waals surface area contributed by atoms with Crippen LogP contribution in [0.25, 0.3) is 10.6 Å². The molecule has 1 heterocycles. The van der Waals surface area contributed by atoms with Gasteiger partial charge in [-0.25, -0.2) is 4.79 Å². The number of benzene rings is 2. The molecule has 27 heavy (non-hydrogen) atoms. The molecule has 1 atom stereocenters. The molecule has 0 fully saturated rings. The number of nitrogens with zero attached hydrogens (tertiary/aromatic N) is 2. The number of aliphatic carboxylic acids is 1. The van der Waals surface area contributed by atoms with Gasteiger partial charge in [0.25, 0.3) is 0 Å². The topological polar surface area (TPSA) is 72.3 Å². The summed E-state index contributed by atoms with van der Waals surface area (Å²) >= 11 is 3.27. The van der Waals surface area contributed by atoms with E-state index in [0.29, 0.717) is 5.75 Å². The third kappa shape index (κ3) is 5.08. The maximum Gasteiger partial charge on any atom is 0.344 e. The van der Waals surface area contributed by atoms with Gasteiger partial charge >= 0.3 is 5.97 Å². The first-order valence-electron chi connectivity index (χ1n) is 8.44. The Balaban J connectivity index is 1.62. The Bertz CT molecular complexity index is 939. The molecular formula is C20H20N2O3S2. The van der Waals surface area contributed by atoms with Gasteiger partial charge in [0.2, 0.25) is 0 Å². The number of ether oxygens (including phenoxy) is 1. The normalized spacial score (nSPS) is 12.0. The molecule has 3 aromatic rings. The fraction of sp³-hybridized carbons (Fsp3) is 0.250. The summed E-state index contributed by atoms with van der Waals surface area (Å²) in [5.41, 5.74) is 3.21. The van der Waals surface area contributed by atoms with Gasteiger partial charge in [-0.2, -0.15) is 0 Å². The zero-order valence-corrected chi connectivity index (χ0v) is 16.9. The first-order valence-corrected chi connectivity index (χ1v) is 10.2. The lowest BCUT2D eigenvalue weighted by atomic mass is 10.2. The average molecular weight is 401 g/mol. The van der Waals surface area contributed by atoms with Crippen LogP contribution in [0.1, 0.15) is 23.1 Å². The first-order chi connectivity index (χ1) is 12.9. The molecule has 0 spiro atoms. The molecule has 1 N–H and O–H groups in total. The first kappa shape index (κ1) is 19.4. The van der Waals surface area contributed by atoms with Gasteiger partial charge in [0.15, 0.2) is 6.10 Å². The lowest BCUT2D eigenvalue weighted by Crippen LogP contribution is -2.23. The van der Waals surface area contributed by atoms with E-state index in [-0.39, 0.29) is 0 Å². The van der Waals surface area contributed by atoms with Crippen LogP contribution in [0.15, 0.2) is 47.4 Å². The Labute approximate surface area is 166 Å². The van der Waals surface area contributed by atoms with Crippen LogP contribution < -0.4 is 4.74 Å². The molecule has 0 bridgehead atoms. The van der Waals surface area contributed by atoms with E-state index >= 15 is 0 Å². The molecule has 0 aliphatic heterocycles. The zero-order valence-electron chi connectivity index (χ0n) is 15.3. The van der Waals surface area contributed by atoms with Crippen molar-refractivity contribution in [3.8, 4) is 16.3 Å². The number of aryl methyl sites for hydroxylation is 2. The lowest BCUT2D eigenvalue weighted by Gasteiger charge is -2.13. The van der Waals surface area contributed by atoms with E-state index in [1.165, 1.54) is 12.5 Å². The Morgan fingerprint density at radius 3 is 2.59 bits per heavy atom. The highest BCUT2D eigenvalue weighted by molar-refractivity contribution is 7.98. The number of carbonyl (C=O) groups is 1. The van der Waals surface area contributed by atoms with E-state index in [1.54, 1.807) is 23.1 Å². The molecule has 0 amide bonds. The Hall–Kier alpha value is -2.38. The molecule has 1 unspecified atom stereocenters. The second kappa shape index (κ2) is 8.54. The van der Waals surface area contributed by atoms with Crippen LogP contribution in [0.3, 0.4) is 0 Å². The fourth-order valence-electron chi connectivity index (χ4n) is 2.35. The minimum Gasteiger partial charge on any atom is -0.479 e. The number of carboxylic acids is 1. The molecule has 0 saturated heterocycles. The fourth-order valence-corrected chi connectivity index (χ4v) is 4.18. The maximum absolute atomic E-state index is 10.9. The van der Waals surface area contributed by atoms with Crippen LogP contribution in [-0.2, 0) is 10.5 Å². The van der Waals surface area contributed by atoms with E-state index in [1.807, 2.05) is 25.1 Å². The third-order valence-electron chi connectivity index (χ3n) is 3.93. The smallest absolute Gasteiger partial charge is 0.344 e. The van der Waals surface area contributed by atoms with Gasteiger partial charge in [0.1, 0.15) is 15.8 Å². The quantitative estimate of drug-likeness (QED) is 0.565. The monoisotopic (exact) mass is 400 g/mol. The summed E-state index contributed by atoms with van der Waals surface area (Å²) in [5.74, 6) is 0.342. The number of carboxylic acid groups (broad SMARTS) is 1. The standard InChI is InChI=1S/C20H20N2O3S2/c1-12-4-6-15(7-5-12)19-22-21-18(27-19)11-26-16-8-9-17(13(2)10-16)25-14(3)20(23)24/h4-10,14H,11H2,1-3H3,(H,23,24). The van der Waals surface area contributed by atoms with Gasteiger partial charge in [-0.15, -0.1) is 22.0 Å². The van der Waals surface area contributed by atoms with Crippen molar-refractivity contribution in [2.45, 2.75) is 37.5 Å². The second-order valence-corrected chi connectivity index (χ2v) is 8.29. The summed E-state index contributed by atoms with van der Waals surface area (Å²) in [6, 6.07) is 14.0. The van der Waals surface area contributed by atoms with Crippen LogP contribution in [0, 0.1) is 13.8 Å². The van der Waals surface area contributed by atoms with Gasteiger partial charge in [0.05, 0.1) is 5.75 Å². The van der Waals surface area contributed by atoms with E-state index in [4.69, 9.17) is 9.84 Å². The second-order valence-electron chi connectivity index (χ2n) is 6.18. The van der Waals surface area contributed by atoms with E-state index < -0.39 is 12.1 Å². The average Bonchev–Trinajstić information content (AvgIpc) is 3.11. The maximum atomic E-state index is 10.9. The third-order valence-corrected chi connectivity index (χ3v) is 6.09. The van der Waals surface area contributed by atoms with Crippen molar-refractivity contribution in [2.24, 2.45) is 0 Å². The van der Waals surface area contributed by atoms with E-state index in [2.05, 4.69) is 41.4 Å². The Kier molecular flexibility index (Phi) is 6.13. The SMILES string of the molecule is Cc1ccc(-c2nnc(CSc3ccc(OC(C)C(=O)O)c(C)c3)s2)cc1. The van der Waals surface area contributed by atoms with Crippen LogP contribution >= 0.6 is 23.1 Å². The molecule has 1 aromatic heterocycles. The predicted molar refractivity (Wildman–Crippen MR) is 109 cm³/mol. The number of hydrogen-bond acceptors (Lipinski definition) is 6. The molecule has 0 aliphatic rings. The van der Waals surface area contributed by atoms with Crippen molar-refractivity contribution in [3.63, 3.8) is 0 Å². The highest BCUT2D eigenvalue weighted by atomic mass is 32.2. The highest BCUT2D eigenvalue weighted by Gasteiger charge is 2.14. The Morgan fingerprint density at radius 2 is 1.93 bits per heavy atom. The van der Waals surface area contributed by atoms with E-state index in [9.17, 15) is 4.79 Å². The van der Waals surface area contributed by atoms with Gasteiger partial charge in [-0.3, -0.25) is 0 Å².